The predicted molar refractivity (Wildman–Crippen MR) is 78.6 cm³/mol. The van der Waals surface area contributed by atoms with E-state index in [0.29, 0.717) is 6.54 Å². The lowest BCUT2D eigenvalue weighted by atomic mass is 10.0. The van der Waals surface area contributed by atoms with E-state index in [4.69, 9.17) is 0 Å². The Hall–Kier alpha value is -2.14. The van der Waals surface area contributed by atoms with Crippen LogP contribution in [0.15, 0.2) is 43.0 Å². The van der Waals surface area contributed by atoms with Gasteiger partial charge in [-0.3, -0.25) is 4.79 Å². The molecule has 1 aromatic heterocycles. The van der Waals surface area contributed by atoms with E-state index in [9.17, 15) is 4.79 Å². The minimum Gasteiger partial charge on any atom is -0.350 e. The van der Waals surface area contributed by atoms with E-state index >= 15 is 0 Å². The van der Waals surface area contributed by atoms with Crippen molar-refractivity contribution in [2.45, 2.75) is 13.0 Å². The minimum absolute atomic E-state index is 0.0168. The molecule has 0 bridgehead atoms. The maximum absolute atomic E-state index is 12.2. The molecule has 1 amide bonds. The van der Waals surface area contributed by atoms with Crippen LogP contribution in [0.4, 0.5) is 0 Å². The summed E-state index contributed by atoms with van der Waals surface area (Å²) >= 11 is 0. The molecule has 2 rings (SSSR count). The number of imidazole rings is 1. The van der Waals surface area contributed by atoms with Gasteiger partial charge in [-0.1, -0.05) is 18.2 Å². The molecule has 0 saturated carbocycles. The highest BCUT2D eigenvalue weighted by Crippen LogP contribution is 2.09. The number of likely N-dealkylation sites (N-methyl/N-ethyl adjacent to an activating group) is 1. The SMILES string of the molecule is CNCCc1ccccc1C(=O)NCCn1ccnc1. The Morgan fingerprint density at radius 2 is 2.15 bits per heavy atom. The van der Waals surface area contributed by atoms with Crippen LogP contribution in [0.25, 0.3) is 0 Å². The fourth-order valence-corrected chi connectivity index (χ4v) is 2.03. The second kappa shape index (κ2) is 7.45. The smallest absolute Gasteiger partial charge is 0.251 e. The average molecular weight is 272 g/mol. The average Bonchev–Trinajstić information content (AvgIpc) is 2.98. The molecule has 0 radical (unpaired) electrons. The maximum atomic E-state index is 12.2. The molecular formula is C15H20N4O. The van der Waals surface area contributed by atoms with Crippen molar-refractivity contribution in [3.8, 4) is 0 Å². The summed E-state index contributed by atoms with van der Waals surface area (Å²) in [6, 6.07) is 7.74. The van der Waals surface area contributed by atoms with Crippen molar-refractivity contribution < 1.29 is 4.79 Å². The van der Waals surface area contributed by atoms with Crippen LogP contribution in [-0.4, -0.2) is 35.6 Å². The van der Waals surface area contributed by atoms with Gasteiger partial charge in [-0.2, -0.15) is 0 Å². The maximum Gasteiger partial charge on any atom is 0.251 e. The van der Waals surface area contributed by atoms with Crippen molar-refractivity contribution in [1.29, 1.82) is 0 Å². The Kier molecular flexibility index (Phi) is 5.32. The number of nitrogens with one attached hydrogen (secondary N) is 2. The van der Waals surface area contributed by atoms with Gasteiger partial charge in [-0.25, -0.2) is 4.98 Å². The van der Waals surface area contributed by atoms with Crippen molar-refractivity contribution in [2.75, 3.05) is 20.1 Å². The highest BCUT2D eigenvalue weighted by atomic mass is 16.1. The Bertz CT molecular complexity index is 537. The standard InChI is InChI=1S/C15H20N4O/c1-16-7-6-13-4-2-3-5-14(13)15(20)18-9-11-19-10-8-17-12-19/h2-5,8,10,12,16H,6-7,9,11H2,1H3,(H,18,20). The van der Waals surface area contributed by atoms with Gasteiger partial charge in [0.25, 0.3) is 5.91 Å². The summed E-state index contributed by atoms with van der Waals surface area (Å²) in [4.78, 5) is 16.2. The van der Waals surface area contributed by atoms with Gasteiger partial charge in [0.15, 0.2) is 0 Å². The molecule has 0 fully saturated rings. The molecule has 2 N–H and O–H groups in total. The molecule has 0 aliphatic carbocycles. The fraction of sp³-hybridized carbons (Fsp3) is 0.333. The van der Waals surface area contributed by atoms with Crippen LogP contribution < -0.4 is 10.6 Å². The van der Waals surface area contributed by atoms with Crippen molar-refractivity contribution >= 4 is 5.91 Å². The lowest BCUT2D eigenvalue weighted by Crippen LogP contribution is -2.28. The van der Waals surface area contributed by atoms with Crippen molar-refractivity contribution in [1.82, 2.24) is 20.2 Å². The van der Waals surface area contributed by atoms with Crippen molar-refractivity contribution in [2.24, 2.45) is 0 Å². The van der Waals surface area contributed by atoms with E-state index < -0.39 is 0 Å². The zero-order valence-electron chi connectivity index (χ0n) is 11.7. The van der Waals surface area contributed by atoms with Crippen LogP contribution in [0.3, 0.4) is 0 Å². The molecule has 1 aromatic carbocycles. The summed E-state index contributed by atoms with van der Waals surface area (Å²) < 4.78 is 1.94. The molecule has 20 heavy (non-hydrogen) atoms. The largest absolute Gasteiger partial charge is 0.350 e. The Morgan fingerprint density at radius 3 is 2.90 bits per heavy atom. The van der Waals surface area contributed by atoms with E-state index in [1.54, 1.807) is 12.5 Å². The van der Waals surface area contributed by atoms with E-state index in [1.807, 2.05) is 42.1 Å². The van der Waals surface area contributed by atoms with Gasteiger partial charge < -0.3 is 15.2 Å². The molecule has 0 aliphatic heterocycles. The van der Waals surface area contributed by atoms with Crippen LogP contribution in [0.2, 0.25) is 0 Å². The van der Waals surface area contributed by atoms with Gasteiger partial charge in [-0.15, -0.1) is 0 Å². The van der Waals surface area contributed by atoms with Gasteiger partial charge in [0.05, 0.1) is 6.33 Å². The summed E-state index contributed by atoms with van der Waals surface area (Å²) in [7, 11) is 1.91. The van der Waals surface area contributed by atoms with Crippen LogP contribution in [-0.2, 0) is 13.0 Å². The van der Waals surface area contributed by atoms with Gasteiger partial charge >= 0.3 is 0 Å². The lowest BCUT2D eigenvalue weighted by Gasteiger charge is -2.10. The Morgan fingerprint density at radius 1 is 1.30 bits per heavy atom. The number of amides is 1. The molecule has 0 spiro atoms. The van der Waals surface area contributed by atoms with Gasteiger partial charge in [0.2, 0.25) is 0 Å². The second-order valence-corrected chi connectivity index (χ2v) is 4.57. The number of rotatable bonds is 7. The molecule has 0 atom stereocenters. The number of aromatic nitrogens is 2. The normalized spacial score (nSPS) is 10.4. The summed E-state index contributed by atoms with van der Waals surface area (Å²) in [5, 5.41) is 6.05. The number of hydrogen-bond donors (Lipinski definition) is 2. The first-order valence-corrected chi connectivity index (χ1v) is 6.77. The summed E-state index contributed by atoms with van der Waals surface area (Å²) in [6.45, 7) is 2.18. The molecule has 2 aromatic rings. The zero-order valence-corrected chi connectivity index (χ0v) is 11.7. The number of carbonyl (C=O) groups is 1. The third kappa shape index (κ3) is 3.93. The van der Waals surface area contributed by atoms with E-state index in [-0.39, 0.29) is 5.91 Å². The molecule has 5 heteroatoms. The van der Waals surface area contributed by atoms with Crippen molar-refractivity contribution in [3.63, 3.8) is 0 Å². The Labute approximate surface area is 119 Å². The summed E-state index contributed by atoms with van der Waals surface area (Å²) in [6.07, 6.45) is 6.20. The highest BCUT2D eigenvalue weighted by molar-refractivity contribution is 5.95. The molecule has 1 heterocycles. The van der Waals surface area contributed by atoms with Crippen molar-refractivity contribution in [3.05, 3.63) is 54.1 Å². The van der Waals surface area contributed by atoms with Crippen LogP contribution in [0, 0.1) is 0 Å². The quantitative estimate of drug-likeness (QED) is 0.793. The van der Waals surface area contributed by atoms with Crippen LogP contribution in [0.1, 0.15) is 15.9 Å². The second-order valence-electron chi connectivity index (χ2n) is 4.57. The van der Waals surface area contributed by atoms with Gasteiger partial charge in [0.1, 0.15) is 0 Å². The van der Waals surface area contributed by atoms with E-state index in [1.165, 1.54) is 0 Å². The third-order valence-corrected chi connectivity index (χ3v) is 3.12. The number of hydrogen-bond acceptors (Lipinski definition) is 3. The topological polar surface area (TPSA) is 59.0 Å². The first kappa shape index (κ1) is 14.3. The number of nitrogens with zero attached hydrogens (tertiary/aromatic N) is 2. The monoisotopic (exact) mass is 272 g/mol. The summed E-state index contributed by atoms with van der Waals surface area (Å²) in [5.41, 5.74) is 1.83. The lowest BCUT2D eigenvalue weighted by molar-refractivity contribution is 0.0951. The molecule has 106 valence electrons. The number of benzene rings is 1. The molecule has 0 aliphatic rings. The fourth-order valence-electron chi connectivity index (χ4n) is 2.03. The number of carbonyl (C=O) groups excluding carboxylic acids is 1. The zero-order chi connectivity index (χ0) is 14.2. The van der Waals surface area contributed by atoms with Crippen LogP contribution >= 0.6 is 0 Å². The first-order valence-electron chi connectivity index (χ1n) is 6.77. The van der Waals surface area contributed by atoms with Gasteiger partial charge in [0, 0.05) is 31.0 Å². The molecule has 5 nitrogen and oxygen atoms in total. The molecule has 0 unspecified atom stereocenters. The first-order chi connectivity index (χ1) is 9.81. The minimum atomic E-state index is -0.0168. The third-order valence-electron chi connectivity index (χ3n) is 3.12. The highest BCUT2D eigenvalue weighted by Gasteiger charge is 2.09. The van der Waals surface area contributed by atoms with Gasteiger partial charge in [-0.05, 0) is 31.6 Å². The Balaban J connectivity index is 1.91. The molecular weight excluding hydrogens is 252 g/mol. The van der Waals surface area contributed by atoms with Crippen LogP contribution in [0.5, 0.6) is 0 Å². The predicted octanol–water partition coefficient (Wildman–Crippen LogP) is 1.07. The van der Waals surface area contributed by atoms with E-state index in [0.717, 1.165) is 30.6 Å². The summed E-state index contributed by atoms with van der Waals surface area (Å²) in [5.74, 6) is -0.0168. The molecule has 0 saturated heterocycles. The van der Waals surface area contributed by atoms with E-state index in [2.05, 4.69) is 15.6 Å².